The molecule has 1 rings (SSSR count). The van der Waals surface area contributed by atoms with Crippen molar-refractivity contribution in [2.24, 2.45) is 0 Å². The molecule has 0 radical (unpaired) electrons. The van der Waals surface area contributed by atoms with Gasteiger partial charge in [-0.2, -0.15) is 0 Å². The minimum absolute atomic E-state index is 0.615. The topological polar surface area (TPSA) is 20.2 Å². The summed E-state index contributed by atoms with van der Waals surface area (Å²) in [7, 11) is 0. The summed E-state index contributed by atoms with van der Waals surface area (Å²) in [5.74, 6) is 5.55. The lowest BCUT2D eigenvalue weighted by atomic mass is 10.1. The molecule has 0 aliphatic carbocycles. The van der Waals surface area contributed by atoms with E-state index in [4.69, 9.17) is 0 Å². The normalized spacial score (nSPS) is 11.2. The first-order chi connectivity index (χ1) is 6.34. The average molecular weight is 172 g/mol. The summed E-state index contributed by atoms with van der Waals surface area (Å²) in [5.41, 5.74) is 0.832. The van der Waals surface area contributed by atoms with E-state index >= 15 is 0 Å². The maximum Gasteiger partial charge on any atom is 0.140 e. The van der Waals surface area contributed by atoms with Gasteiger partial charge in [0.25, 0.3) is 0 Å². The molecular formula is C12H12O. The molecule has 0 saturated carbocycles. The van der Waals surface area contributed by atoms with Gasteiger partial charge in [0, 0.05) is 6.42 Å². The molecule has 0 aromatic heterocycles. The quantitative estimate of drug-likeness (QED) is 0.536. The van der Waals surface area contributed by atoms with E-state index in [9.17, 15) is 5.11 Å². The van der Waals surface area contributed by atoms with E-state index in [0.717, 1.165) is 5.56 Å². The Bertz CT molecular complexity index is 316. The highest BCUT2D eigenvalue weighted by atomic mass is 16.3. The molecule has 0 amide bonds. The number of hydrogen-bond donors (Lipinski definition) is 1. The summed E-state index contributed by atoms with van der Waals surface area (Å²) in [6, 6.07) is 9.38. The van der Waals surface area contributed by atoms with Crippen LogP contribution in [-0.2, 0) is 0 Å². The van der Waals surface area contributed by atoms with Crippen molar-refractivity contribution in [2.75, 3.05) is 0 Å². The fourth-order valence-electron chi connectivity index (χ4n) is 0.946. The van der Waals surface area contributed by atoms with E-state index in [1.54, 1.807) is 6.08 Å². The molecule has 1 N–H and O–H groups in total. The summed E-state index contributed by atoms with van der Waals surface area (Å²) >= 11 is 0. The van der Waals surface area contributed by atoms with Crippen LogP contribution in [0.5, 0.6) is 0 Å². The predicted molar refractivity (Wildman–Crippen MR) is 54.0 cm³/mol. The Hall–Kier alpha value is -1.52. The van der Waals surface area contributed by atoms with Crippen LogP contribution in [0, 0.1) is 11.8 Å². The third-order valence-corrected chi connectivity index (χ3v) is 1.60. The van der Waals surface area contributed by atoms with Crippen LogP contribution < -0.4 is 0 Å². The molecule has 0 heterocycles. The van der Waals surface area contributed by atoms with Crippen molar-refractivity contribution in [3.05, 3.63) is 48.6 Å². The average Bonchev–Trinajstić information content (AvgIpc) is 2.19. The van der Waals surface area contributed by atoms with Crippen molar-refractivity contribution >= 4 is 0 Å². The number of rotatable bonds is 2. The van der Waals surface area contributed by atoms with Crippen molar-refractivity contribution in [1.29, 1.82) is 0 Å². The van der Waals surface area contributed by atoms with Gasteiger partial charge in [0.1, 0.15) is 6.10 Å². The third kappa shape index (κ3) is 3.14. The fourth-order valence-corrected chi connectivity index (χ4v) is 0.946. The molecule has 0 unspecified atom stereocenters. The highest BCUT2D eigenvalue weighted by molar-refractivity contribution is 5.24. The first-order valence-corrected chi connectivity index (χ1v) is 4.17. The number of allylic oxidation sites excluding steroid dienone is 1. The van der Waals surface area contributed by atoms with Crippen LogP contribution >= 0.6 is 0 Å². The zero-order valence-corrected chi connectivity index (χ0v) is 7.40. The molecule has 1 aromatic rings. The third-order valence-electron chi connectivity index (χ3n) is 1.60. The van der Waals surface area contributed by atoms with Gasteiger partial charge >= 0.3 is 0 Å². The van der Waals surface area contributed by atoms with Crippen LogP contribution in [0.25, 0.3) is 0 Å². The van der Waals surface area contributed by atoms with Crippen LogP contribution in [-0.4, -0.2) is 5.11 Å². The largest absolute Gasteiger partial charge is 0.376 e. The molecule has 1 nitrogen and oxygen atoms in total. The predicted octanol–water partition coefficient (Wildman–Crippen LogP) is 2.30. The van der Waals surface area contributed by atoms with Gasteiger partial charge in [-0.05, 0) is 5.56 Å². The number of aliphatic hydroxyl groups is 1. The molecule has 1 aromatic carbocycles. The summed E-state index contributed by atoms with van der Waals surface area (Å²) in [6.07, 6.45) is 1.65. The van der Waals surface area contributed by atoms with E-state index < -0.39 is 6.10 Å². The number of aliphatic hydroxyl groups excluding tert-OH is 1. The molecule has 66 valence electrons. The monoisotopic (exact) mass is 172 g/mol. The fraction of sp³-hybridized carbons (Fsp3) is 0.167. The molecule has 13 heavy (non-hydrogen) atoms. The highest BCUT2D eigenvalue weighted by Crippen LogP contribution is 2.09. The molecular weight excluding hydrogens is 160 g/mol. The van der Waals surface area contributed by atoms with Crippen LogP contribution in [0.2, 0.25) is 0 Å². The highest BCUT2D eigenvalue weighted by Gasteiger charge is 1.99. The van der Waals surface area contributed by atoms with E-state index in [-0.39, 0.29) is 0 Å². The molecule has 0 aliphatic heterocycles. The van der Waals surface area contributed by atoms with Gasteiger partial charge < -0.3 is 5.11 Å². The van der Waals surface area contributed by atoms with E-state index in [2.05, 4.69) is 18.4 Å². The van der Waals surface area contributed by atoms with E-state index in [1.807, 2.05) is 30.3 Å². The number of hydrogen-bond acceptors (Lipinski definition) is 1. The van der Waals surface area contributed by atoms with Gasteiger partial charge in [-0.1, -0.05) is 48.2 Å². The van der Waals surface area contributed by atoms with Crippen molar-refractivity contribution in [3.8, 4) is 11.8 Å². The Morgan fingerprint density at radius 1 is 1.38 bits per heavy atom. The van der Waals surface area contributed by atoms with Gasteiger partial charge in [0.15, 0.2) is 0 Å². The van der Waals surface area contributed by atoms with Crippen LogP contribution in [0.3, 0.4) is 0 Å². The van der Waals surface area contributed by atoms with Crippen molar-refractivity contribution in [3.63, 3.8) is 0 Å². The van der Waals surface area contributed by atoms with Gasteiger partial charge in [-0.25, -0.2) is 0 Å². The van der Waals surface area contributed by atoms with Crippen molar-refractivity contribution < 1.29 is 5.11 Å². The Kier molecular flexibility index (Phi) is 3.81. The lowest BCUT2D eigenvalue weighted by molar-refractivity contribution is 0.238. The molecule has 0 spiro atoms. The smallest absolute Gasteiger partial charge is 0.140 e. The van der Waals surface area contributed by atoms with E-state index in [0.29, 0.717) is 6.42 Å². The van der Waals surface area contributed by atoms with Crippen molar-refractivity contribution in [1.82, 2.24) is 0 Å². The van der Waals surface area contributed by atoms with Crippen LogP contribution in [0.4, 0.5) is 0 Å². The summed E-state index contributed by atoms with van der Waals surface area (Å²) in [4.78, 5) is 0. The second-order valence-electron chi connectivity index (χ2n) is 2.63. The first-order valence-electron chi connectivity index (χ1n) is 4.17. The van der Waals surface area contributed by atoms with Crippen molar-refractivity contribution in [2.45, 2.75) is 12.5 Å². The standard InChI is InChI=1S/C12H12O/c1-2-3-5-10-12(13)11-8-6-4-7-9-11/h2,4,6-9,12-13H,1,3H2/t12-/m1/s1. The van der Waals surface area contributed by atoms with Gasteiger partial charge in [-0.3, -0.25) is 0 Å². The molecule has 1 atom stereocenters. The molecule has 0 aliphatic rings. The maximum atomic E-state index is 9.54. The Balaban J connectivity index is 2.65. The summed E-state index contributed by atoms with van der Waals surface area (Å²) < 4.78 is 0. The lowest BCUT2D eigenvalue weighted by Crippen LogP contribution is -1.92. The Labute approximate surface area is 78.7 Å². The lowest BCUT2D eigenvalue weighted by Gasteiger charge is -2.01. The van der Waals surface area contributed by atoms with Gasteiger partial charge in [0.05, 0.1) is 0 Å². The second kappa shape index (κ2) is 5.18. The SMILES string of the molecule is C=CCC#C[C@@H](O)c1ccccc1. The number of benzene rings is 1. The van der Waals surface area contributed by atoms with Crippen LogP contribution in [0.15, 0.2) is 43.0 Å². The first kappa shape index (κ1) is 9.57. The summed E-state index contributed by atoms with van der Waals surface area (Å²) in [5, 5.41) is 9.54. The van der Waals surface area contributed by atoms with Crippen LogP contribution in [0.1, 0.15) is 18.1 Å². The zero-order chi connectivity index (χ0) is 9.52. The maximum absolute atomic E-state index is 9.54. The minimum Gasteiger partial charge on any atom is -0.376 e. The summed E-state index contributed by atoms with van der Waals surface area (Å²) in [6.45, 7) is 3.55. The molecule has 0 saturated heterocycles. The Morgan fingerprint density at radius 3 is 2.69 bits per heavy atom. The Morgan fingerprint density at radius 2 is 2.08 bits per heavy atom. The molecule has 0 fully saturated rings. The van der Waals surface area contributed by atoms with Gasteiger partial charge in [-0.15, -0.1) is 6.58 Å². The molecule has 1 heteroatoms. The second-order valence-corrected chi connectivity index (χ2v) is 2.63. The van der Waals surface area contributed by atoms with Gasteiger partial charge in [0.2, 0.25) is 0 Å². The zero-order valence-electron chi connectivity index (χ0n) is 7.40. The van der Waals surface area contributed by atoms with E-state index in [1.165, 1.54) is 0 Å². The minimum atomic E-state index is -0.679. The molecule has 0 bridgehead atoms.